The first-order valence-corrected chi connectivity index (χ1v) is 7.43. The lowest BCUT2D eigenvalue weighted by Crippen LogP contribution is -2.22. The molecule has 2 aromatic carbocycles. The quantitative estimate of drug-likeness (QED) is 0.575. The third-order valence-corrected chi connectivity index (χ3v) is 3.38. The third kappa shape index (κ3) is 3.97. The van der Waals surface area contributed by atoms with Crippen molar-refractivity contribution in [3.05, 3.63) is 78.1 Å². The van der Waals surface area contributed by atoms with Crippen molar-refractivity contribution in [3.8, 4) is 5.69 Å². The van der Waals surface area contributed by atoms with Crippen molar-refractivity contribution in [1.29, 1.82) is 0 Å². The van der Waals surface area contributed by atoms with Crippen molar-refractivity contribution >= 4 is 11.6 Å². The van der Waals surface area contributed by atoms with Gasteiger partial charge in [0.1, 0.15) is 0 Å². The number of para-hydroxylation sites is 1. The van der Waals surface area contributed by atoms with Crippen LogP contribution in [-0.4, -0.2) is 15.7 Å². The van der Waals surface area contributed by atoms with Gasteiger partial charge in [0, 0.05) is 17.4 Å². The minimum absolute atomic E-state index is 0.392. The van der Waals surface area contributed by atoms with E-state index in [9.17, 15) is 0 Å². The van der Waals surface area contributed by atoms with E-state index in [2.05, 4.69) is 15.4 Å². The lowest BCUT2D eigenvalue weighted by molar-refractivity contribution is 0.879. The van der Waals surface area contributed by atoms with E-state index in [1.54, 1.807) is 6.20 Å². The van der Waals surface area contributed by atoms with Crippen molar-refractivity contribution in [3.63, 3.8) is 0 Å². The first kappa shape index (κ1) is 14.8. The highest BCUT2D eigenvalue weighted by molar-refractivity contribution is 5.92. The van der Waals surface area contributed by atoms with Gasteiger partial charge in [-0.2, -0.15) is 5.10 Å². The lowest BCUT2D eigenvalue weighted by Gasteiger charge is -2.05. The summed E-state index contributed by atoms with van der Waals surface area (Å²) in [5, 5.41) is 7.44. The Morgan fingerprint density at radius 2 is 2.00 bits per heavy atom. The summed E-state index contributed by atoms with van der Waals surface area (Å²) >= 11 is 0. The molecule has 0 aliphatic heterocycles. The molecule has 0 aliphatic carbocycles. The predicted molar refractivity (Wildman–Crippen MR) is 93.7 cm³/mol. The Hall–Kier alpha value is -3.08. The van der Waals surface area contributed by atoms with Crippen molar-refractivity contribution in [2.45, 2.75) is 13.5 Å². The summed E-state index contributed by atoms with van der Waals surface area (Å²) in [6.07, 6.45) is 3.76. The van der Waals surface area contributed by atoms with Crippen LogP contribution in [0, 0.1) is 6.92 Å². The monoisotopic (exact) mass is 305 g/mol. The van der Waals surface area contributed by atoms with Crippen LogP contribution in [0.2, 0.25) is 0 Å². The van der Waals surface area contributed by atoms with Gasteiger partial charge < -0.3 is 11.1 Å². The van der Waals surface area contributed by atoms with Crippen LogP contribution in [0.5, 0.6) is 0 Å². The van der Waals surface area contributed by atoms with Crippen LogP contribution in [0.1, 0.15) is 11.1 Å². The van der Waals surface area contributed by atoms with E-state index >= 15 is 0 Å². The molecule has 0 radical (unpaired) electrons. The van der Waals surface area contributed by atoms with E-state index in [1.807, 2.05) is 72.4 Å². The number of rotatable bonds is 4. The third-order valence-electron chi connectivity index (χ3n) is 3.38. The van der Waals surface area contributed by atoms with Gasteiger partial charge in [-0.25, -0.2) is 9.67 Å². The Labute approximate surface area is 135 Å². The highest BCUT2D eigenvalue weighted by Crippen LogP contribution is 2.10. The van der Waals surface area contributed by atoms with E-state index in [0.717, 1.165) is 16.9 Å². The molecule has 0 spiro atoms. The van der Waals surface area contributed by atoms with Crippen LogP contribution in [-0.2, 0) is 6.54 Å². The molecular weight excluding hydrogens is 286 g/mol. The number of aryl methyl sites for hydroxylation is 1. The highest BCUT2D eigenvalue weighted by atomic mass is 15.3. The van der Waals surface area contributed by atoms with E-state index < -0.39 is 0 Å². The number of aliphatic imine (C=N–C) groups is 1. The van der Waals surface area contributed by atoms with E-state index in [4.69, 9.17) is 5.73 Å². The zero-order valence-electron chi connectivity index (χ0n) is 13.0. The molecule has 0 amide bonds. The molecule has 3 aromatic rings. The Balaban J connectivity index is 1.64. The number of anilines is 1. The van der Waals surface area contributed by atoms with Gasteiger partial charge in [-0.1, -0.05) is 30.3 Å². The van der Waals surface area contributed by atoms with Crippen LogP contribution < -0.4 is 11.1 Å². The fourth-order valence-electron chi connectivity index (χ4n) is 2.25. The van der Waals surface area contributed by atoms with Gasteiger partial charge in [0.15, 0.2) is 5.96 Å². The molecule has 0 bridgehead atoms. The Bertz CT molecular complexity index is 805. The molecule has 3 N–H and O–H groups in total. The smallest absolute Gasteiger partial charge is 0.193 e. The summed E-state index contributed by atoms with van der Waals surface area (Å²) in [5.41, 5.74) is 10.1. The zero-order valence-corrected chi connectivity index (χ0v) is 13.0. The summed E-state index contributed by atoms with van der Waals surface area (Å²) < 4.78 is 1.83. The molecule has 5 heteroatoms. The number of nitrogens with two attached hydrogens (primary N) is 1. The van der Waals surface area contributed by atoms with Crippen molar-refractivity contribution in [1.82, 2.24) is 9.78 Å². The second-order valence-corrected chi connectivity index (χ2v) is 5.32. The Kier molecular flexibility index (Phi) is 4.38. The zero-order chi connectivity index (χ0) is 16.1. The van der Waals surface area contributed by atoms with Gasteiger partial charge in [0.05, 0.1) is 18.4 Å². The van der Waals surface area contributed by atoms with Crippen LogP contribution >= 0.6 is 0 Å². The number of aromatic nitrogens is 2. The van der Waals surface area contributed by atoms with Crippen LogP contribution in [0.3, 0.4) is 0 Å². The molecule has 1 aromatic heterocycles. The molecule has 0 saturated heterocycles. The van der Waals surface area contributed by atoms with Crippen LogP contribution in [0.15, 0.2) is 72.0 Å². The van der Waals surface area contributed by atoms with E-state index in [0.29, 0.717) is 12.5 Å². The van der Waals surface area contributed by atoms with Gasteiger partial charge in [-0.05, 0) is 36.8 Å². The second-order valence-electron chi connectivity index (χ2n) is 5.32. The molecule has 1 heterocycles. The normalized spacial score (nSPS) is 11.4. The largest absolute Gasteiger partial charge is 0.370 e. The van der Waals surface area contributed by atoms with Gasteiger partial charge in [0.25, 0.3) is 0 Å². The number of nitrogens with zero attached hydrogens (tertiary/aromatic N) is 3. The number of nitrogens with one attached hydrogen (secondary N) is 1. The standard InChI is InChI=1S/C18H19N5/c1-14-6-5-7-16(10-14)22-18(19)20-11-15-12-21-23(13-15)17-8-3-2-4-9-17/h2-10,12-13H,11H2,1H3,(H3,19,20,22). The molecule has 0 fully saturated rings. The number of benzene rings is 2. The molecule has 0 atom stereocenters. The fourth-order valence-corrected chi connectivity index (χ4v) is 2.25. The van der Waals surface area contributed by atoms with Gasteiger partial charge in [-0.15, -0.1) is 0 Å². The number of hydrogen-bond donors (Lipinski definition) is 2. The molecule has 0 saturated carbocycles. The summed E-state index contributed by atoms with van der Waals surface area (Å²) in [7, 11) is 0. The topological polar surface area (TPSA) is 68.2 Å². The lowest BCUT2D eigenvalue weighted by atomic mass is 10.2. The number of hydrogen-bond acceptors (Lipinski definition) is 2. The summed E-state index contributed by atoms with van der Waals surface area (Å²) in [6.45, 7) is 2.52. The maximum atomic E-state index is 5.93. The highest BCUT2D eigenvalue weighted by Gasteiger charge is 2.01. The maximum absolute atomic E-state index is 5.93. The van der Waals surface area contributed by atoms with Crippen molar-refractivity contribution in [2.75, 3.05) is 5.32 Å². The van der Waals surface area contributed by atoms with Crippen molar-refractivity contribution in [2.24, 2.45) is 10.7 Å². The summed E-state index contributed by atoms with van der Waals surface area (Å²) in [4.78, 5) is 4.36. The molecule has 0 unspecified atom stereocenters. The van der Waals surface area contributed by atoms with Gasteiger partial charge in [0.2, 0.25) is 0 Å². The second kappa shape index (κ2) is 6.79. The van der Waals surface area contributed by atoms with Gasteiger partial charge in [-0.3, -0.25) is 0 Å². The van der Waals surface area contributed by atoms with Crippen LogP contribution in [0.25, 0.3) is 5.69 Å². The maximum Gasteiger partial charge on any atom is 0.193 e. The van der Waals surface area contributed by atoms with Crippen LogP contribution in [0.4, 0.5) is 5.69 Å². The molecule has 3 rings (SSSR count). The molecule has 23 heavy (non-hydrogen) atoms. The Morgan fingerprint density at radius 3 is 2.78 bits per heavy atom. The molecular formula is C18H19N5. The number of guanidine groups is 1. The predicted octanol–water partition coefficient (Wildman–Crippen LogP) is 3.11. The minimum Gasteiger partial charge on any atom is -0.370 e. The molecule has 0 aliphatic rings. The first-order chi connectivity index (χ1) is 11.2. The fraction of sp³-hybridized carbons (Fsp3) is 0.111. The first-order valence-electron chi connectivity index (χ1n) is 7.43. The van der Waals surface area contributed by atoms with E-state index in [-0.39, 0.29) is 0 Å². The summed E-state index contributed by atoms with van der Waals surface area (Å²) in [5.74, 6) is 0.392. The van der Waals surface area contributed by atoms with Crippen molar-refractivity contribution < 1.29 is 0 Å². The average molecular weight is 305 g/mol. The Morgan fingerprint density at radius 1 is 1.17 bits per heavy atom. The average Bonchev–Trinajstić information content (AvgIpc) is 3.03. The van der Waals surface area contributed by atoms with E-state index in [1.165, 1.54) is 5.56 Å². The van der Waals surface area contributed by atoms with Gasteiger partial charge >= 0.3 is 0 Å². The summed E-state index contributed by atoms with van der Waals surface area (Å²) in [6, 6.07) is 18.0. The molecule has 116 valence electrons. The molecule has 5 nitrogen and oxygen atoms in total. The minimum atomic E-state index is 0.392. The SMILES string of the molecule is Cc1cccc(NC(N)=NCc2cnn(-c3ccccc3)c2)c1.